The summed E-state index contributed by atoms with van der Waals surface area (Å²) in [5.41, 5.74) is 1.35. The van der Waals surface area contributed by atoms with Gasteiger partial charge in [-0.3, -0.25) is 4.79 Å². The maximum absolute atomic E-state index is 13.8. The van der Waals surface area contributed by atoms with Crippen molar-refractivity contribution in [1.82, 2.24) is 9.62 Å². The minimum atomic E-state index is -3.61. The van der Waals surface area contributed by atoms with E-state index in [0.717, 1.165) is 11.5 Å². The summed E-state index contributed by atoms with van der Waals surface area (Å²) in [5, 5.41) is 3.67. The van der Waals surface area contributed by atoms with E-state index in [1.165, 1.54) is 28.1 Å². The predicted molar refractivity (Wildman–Crippen MR) is 124 cm³/mol. The van der Waals surface area contributed by atoms with Crippen LogP contribution in [0.25, 0.3) is 0 Å². The monoisotopic (exact) mass is 484 g/mol. The van der Waals surface area contributed by atoms with Crippen molar-refractivity contribution < 1.29 is 17.6 Å². The predicted octanol–water partition coefficient (Wildman–Crippen LogP) is 4.07. The fourth-order valence-electron chi connectivity index (χ4n) is 3.46. The summed E-state index contributed by atoms with van der Waals surface area (Å²) in [5.74, 6) is 0.547. The molecule has 1 aliphatic heterocycles. The molecule has 0 atom stereocenters. The highest BCUT2D eigenvalue weighted by molar-refractivity contribution is 7.98. The molecule has 1 heterocycles. The number of hydrogen-bond acceptors (Lipinski definition) is 4. The van der Waals surface area contributed by atoms with Crippen molar-refractivity contribution in [2.45, 2.75) is 24.3 Å². The number of rotatable bonds is 9. The third-order valence-electron chi connectivity index (χ3n) is 5.24. The number of carbonyl (C=O) groups is 1. The first-order valence-corrected chi connectivity index (χ1v) is 13.3. The van der Waals surface area contributed by atoms with Gasteiger partial charge < -0.3 is 5.32 Å². The van der Waals surface area contributed by atoms with Crippen molar-refractivity contribution in [2.24, 2.45) is 5.92 Å². The Labute approximate surface area is 192 Å². The Morgan fingerprint density at radius 3 is 2.48 bits per heavy atom. The molecule has 168 valence electrons. The maximum atomic E-state index is 13.8. The molecule has 0 aromatic heterocycles. The third-order valence-corrected chi connectivity index (χ3v) is 8.35. The van der Waals surface area contributed by atoms with Gasteiger partial charge >= 0.3 is 0 Å². The van der Waals surface area contributed by atoms with Gasteiger partial charge in [-0.2, -0.15) is 11.8 Å². The first kappa shape index (κ1) is 24.0. The zero-order chi connectivity index (χ0) is 22.3. The molecular weight excluding hydrogens is 459 g/mol. The van der Waals surface area contributed by atoms with E-state index in [1.54, 1.807) is 17.8 Å². The zero-order valence-electron chi connectivity index (χ0n) is 17.1. The lowest BCUT2D eigenvalue weighted by Gasteiger charge is -2.30. The van der Waals surface area contributed by atoms with Crippen molar-refractivity contribution >= 4 is 39.3 Å². The Hall–Kier alpha value is -1.61. The Bertz CT molecular complexity index is 979. The number of piperidine rings is 1. The highest BCUT2D eigenvalue weighted by Crippen LogP contribution is 2.23. The van der Waals surface area contributed by atoms with Gasteiger partial charge in [-0.25, -0.2) is 17.1 Å². The van der Waals surface area contributed by atoms with Crippen molar-refractivity contribution in [3.8, 4) is 0 Å². The molecule has 1 saturated heterocycles. The molecule has 2 aromatic rings. The second kappa shape index (κ2) is 11.3. The molecule has 31 heavy (non-hydrogen) atoms. The van der Waals surface area contributed by atoms with Crippen LogP contribution in [-0.4, -0.2) is 44.0 Å². The largest absolute Gasteiger partial charge is 0.355 e. The van der Waals surface area contributed by atoms with Gasteiger partial charge in [0.2, 0.25) is 15.9 Å². The Morgan fingerprint density at radius 1 is 1.13 bits per heavy atom. The van der Waals surface area contributed by atoms with Crippen LogP contribution in [0.1, 0.15) is 24.0 Å². The van der Waals surface area contributed by atoms with Gasteiger partial charge in [-0.15, -0.1) is 0 Å². The standard InChI is InChI=1S/C22H26ClFN2O3S2/c23-20-7-5-17(6-8-20)15-30-14-11-25-22(27)18-9-12-26(13-10-18)31(28,29)16-19-3-1-2-4-21(19)24/h1-8,18H,9-16H2,(H,25,27). The quantitative estimate of drug-likeness (QED) is 0.545. The number of hydrogen-bond donors (Lipinski definition) is 1. The lowest BCUT2D eigenvalue weighted by atomic mass is 9.97. The second-order valence-electron chi connectivity index (χ2n) is 7.49. The summed E-state index contributed by atoms with van der Waals surface area (Å²) < 4.78 is 40.4. The molecule has 3 rings (SSSR count). The second-order valence-corrected chi connectivity index (χ2v) is 11.0. The molecule has 0 radical (unpaired) electrons. The number of amides is 1. The van der Waals surface area contributed by atoms with Crippen molar-refractivity contribution in [3.05, 3.63) is 70.5 Å². The summed E-state index contributed by atoms with van der Waals surface area (Å²) in [4.78, 5) is 12.4. The zero-order valence-corrected chi connectivity index (χ0v) is 19.5. The van der Waals surface area contributed by atoms with E-state index < -0.39 is 15.8 Å². The van der Waals surface area contributed by atoms with E-state index in [1.807, 2.05) is 24.3 Å². The van der Waals surface area contributed by atoms with Gasteiger partial charge in [0.25, 0.3) is 0 Å². The van der Waals surface area contributed by atoms with E-state index in [-0.39, 0.29) is 36.2 Å². The molecule has 0 spiro atoms. The van der Waals surface area contributed by atoms with Crippen LogP contribution in [-0.2, 0) is 26.3 Å². The van der Waals surface area contributed by atoms with Gasteiger partial charge in [0.1, 0.15) is 5.82 Å². The van der Waals surface area contributed by atoms with Gasteiger partial charge in [0.15, 0.2) is 0 Å². The summed E-state index contributed by atoms with van der Waals surface area (Å²) in [7, 11) is -3.61. The number of sulfonamides is 1. The molecule has 2 aromatic carbocycles. The van der Waals surface area contributed by atoms with Crippen molar-refractivity contribution in [3.63, 3.8) is 0 Å². The SMILES string of the molecule is O=C(NCCSCc1ccc(Cl)cc1)C1CCN(S(=O)(=O)Cc2ccccc2F)CC1. The van der Waals surface area contributed by atoms with E-state index >= 15 is 0 Å². The number of halogens is 2. The average molecular weight is 485 g/mol. The average Bonchev–Trinajstić information content (AvgIpc) is 2.76. The van der Waals surface area contributed by atoms with E-state index in [2.05, 4.69) is 5.32 Å². The number of nitrogens with one attached hydrogen (secondary N) is 1. The first-order chi connectivity index (χ1) is 14.8. The molecular formula is C22H26ClFN2O3S2. The highest BCUT2D eigenvalue weighted by atomic mass is 35.5. The van der Waals surface area contributed by atoms with Crippen LogP contribution in [0.4, 0.5) is 4.39 Å². The molecule has 0 bridgehead atoms. The summed E-state index contributed by atoms with van der Waals surface area (Å²) in [6.07, 6.45) is 0.945. The van der Waals surface area contributed by atoms with Crippen LogP contribution in [0, 0.1) is 11.7 Å². The number of carbonyl (C=O) groups excluding carboxylic acids is 1. The topological polar surface area (TPSA) is 66.5 Å². The fraction of sp³-hybridized carbons (Fsp3) is 0.409. The minimum Gasteiger partial charge on any atom is -0.355 e. The number of nitrogens with zero attached hydrogens (tertiary/aromatic N) is 1. The molecule has 0 aliphatic carbocycles. The van der Waals surface area contributed by atoms with Crippen LogP contribution in [0.5, 0.6) is 0 Å². The van der Waals surface area contributed by atoms with Gasteiger partial charge in [0, 0.05) is 47.6 Å². The van der Waals surface area contributed by atoms with Crippen molar-refractivity contribution in [1.29, 1.82) is 0 Å². The maximum Gasteiger partial charge on any atom is 0.223 e. The first-order valence-electron chi connectivity index (χ1n) is 10.2. The molecule has 0 saturated carbocycles. The Morgan fingerprint density at radius 2 is 1.81 bits per heavy atom. The molecule has 1 N–H and O–H groups in total. The molecule has 5 nitrogen and oxygen atoms in total. The lowest BCUT2D eigenvalue weighted by molar-refractivity contribution is -0.125. The van der Waals surface area contributed by atoms with Crippen LogP contribution in [0.15, 0.2) is 48.5 Å². The summed E-state index contributed by atoms with van der Waals surface area (Å²) in [6, 6.07) is 13.6. The third kappa shape index (κ3) is 7.20. The molecule has 9 heteroatoms. The van der Waals surface area contributed by atoms with Gasteiger partial charge in [0.05, 0.1) is 5.75 Å². The molecule has 1 aliphatic rings. The number of benzene rings is 2. The van der Waals surface area contributed by atoms with E-state index in [9.17, 15) is 17.6 Å². The number of thioether (sulfide) groups is 1. The summed E-state index contributed by atoms with van der Waals surface area (Å²) >= 11 is 7.61. The molecule has 0 unspecified atom stereocenters. The molecule has 1 fully saturated rings. The van der Waals surface area contributed by atoms with Crippen molar-refractivity contribution in [2.75, 3.05) is 25.4 Å². The van der Waals surface area contributed by atoms with Gasteiger partial charge in [-0.1, -0.05) is 41.9 Å². The molecule has 1 amide bonds. The fourth-order valence-corrected chi connectivity index (χ4v) is 5.98. The summed E-state index contributed by atoms with van der Waals surface area (Å²) in [6.45, 7) is 1.13. The normalized spacial score (nSPS) is 15.7. The van der Waals surface area contributed by atoms with Crippen LogP contribution >= 0.6 is 23.4 Å². The Kier molecular flexibility index (Phi) is 8.77. The van der Waals surface area contributed by atoms with Gasteiger partial charge in [-0.05, 0) is 36.6 Å². The Balaban J connectivity index is 1.37. The van der Waals surface area contributed by atoms with Crippen LogP contribution in [0.2, 0.25) is 5.02 Å². The van der Waals surface area contributed by atoms with E-state index in [0.29, 0.717) is 24.4 Å². The van der Waals surface area contributed by atoms with Crippen LogP contribution in [0.3, 0.4) is 0 Å². The van der Waals surface area contributed by atoms with E-state index in [4.69, 9.17) is 11.6 Å². The van der Waals surface area contributed by atoms with Crippen LogP contribution < -0.4 is 5.32 Å². The smallest absolute Gasteiger partial charge is 0.223 e. The lowest BCUT2D eigenvalue weighted by Crippen LogP contribution is -2.43. The minimum absolute atomic E-state index is 0.0294. The highest BCUT2D eigenvalue weighted by Gasteiger charge is 2.31.